The van der Waals surface area contributed by atoms with Crippen molar-refractivity contribution in [2.75, 3.05) is 11.9 Å². The van der Waals surface area contributed by atoms with Crippen LogP contribution in [0.25, 0.3) is 0 Å². The molecule has 23 heavy (non-hydrogen) atoms. The Labute approximate surface area is 132 Å². The number of halogens is 2. The van der Waals surface area contributed by atoms with Crippen LogP contribution in [-0.4, -0.2) is 27.8 Å². The Kier molecular flexibility index (Phi) is 4.66. The van der Waals surface area contributed by atoms with Crippen LogP contribution >= 0.6 is 0 Å². The molecule has 0 radical (unpaired) electrons. The fourth-order valence-corrected chi connectivity index (χ4v) is 2.52. The number of aryl methyl sites for hydroxylation is 1. The van der Waals surface area contributed by atoms with E-state index >= 15 is 0 Å². The maximum Gasteiger partial charge on any atom is 0.227 e. The summed E-state index contributed by atoms with van der Waals surface area (Å²) in [6.07, 6.45) is 4.45. The van der Waals surface area contributed by atoms with Gasteiger partial charge in [0.05, 0.1) is 18.0 Å². The number of hydrogen-bond donors (Lipinski definition) is 2. The number of rotatable bonds is 5. The van der Waals surface area contributed by atoms with E-state index in [2.05, 4.69) is 15.3 Å². The smallest absolute Gasteiger partial charge is 0.227 e. The maximum absolute atomic E-state index is 13.8. The monoisotopic (exact) mass is 321 g/mol. The van der Waals surface area contributed by atoms with Crippen LogP contribution in [0.1, 0.15) is 25.0 Å². The Hall–Kier alpha value is -2.28. The summed E-state index contributed by atoms with van der Waals surface area (Å²) in [7, 11) is 0. The summed E-state index contributed by atoms with van der Waals surface area (Å²) in [5, 5.41) is 12.0. The fourth-order valence-electron chi connectivity index (χ4n) is 2.52. The average molecular weight is 321 g/mol. The molecule has 1 saturated heterocycles. The predicted molar refractivity (Wildman–Crippen MR) is 80.6 cm³/mol. The third-order valence-corrected chi connectivity index (χ3v) is 3.75. The van der Waals surface area contributed by atoms with Gasteiger partial charge in [-0.15, -0.1) is 0 Å². The van der Waals surface area contributed by atoms with E-state index in [0.29, 0.717) is 24.2 Å². The van der Waals surface area contributed by atoms with E-state index < -0.39 is 17.4 Å². The lowest BCUT2D eigenvalue weighted by molar-refractivity contribution is 0.104. The van der Waals surface area contributed by atoms with Crippen molar-refractivity contribution in [3.05, 3.63) is 41.7 Å². The average Bonchev–Trinajstić information content (AvgIpc) is 3.05. The number of aromatic nitrogens is 2. The molecule has 1 atom stereocenters. The molecular formula is C16H17F2N3O2. The molecule has 1 unspecified atom stereocenters. The molecular weight excluding hydrogens is 304 g/mol. The van der Waals surface area contributed by atoms with Crippen LogP contribution in [0.15, 0.2) is 24.4 Å². The van der Waals surface area contributed by atoms with E-state index in [1.165, 1.54) is 12.1 Å². The highest BCUT2D eigenvalue weighted by Gasteiger charge is 2.17. The molecule has 122 valence electrons. The van der Waals surface area contributed by atoms with Gasteiger partial charge in [-0.2, -0.15) is 0 Å². The number of nitrogens with zero attached hydrogens (tertiary/aromatic N) is 2. The van der Waals surface area contributed by atoms with Crippen molar-refractivity contribution in [2.45, 2.75) is 31.8 Å². The standard InChI is InChI=1S/C16H17F2N3O2/c17-12-8-10(3-6-15(12)22)20-16-19-9-13(18)14(21-16)5-4-11-2-1-7-23-11/h3,6,8-9,11,22H,1-2,4-5,7H2,(H,19,20,21). The van der Waals surface area contributed by atoms with Crippen LogP contribution in [-0.2, 0) is 11.2 Å². The van der Waals surface area contributed by atoms with Crippen LogP contribution in [0, 0.1) is 11.6 Å². The van der Waals surface area contributed by atoms with E-state index in [4.69, 9.17) is 9.84 Å². The van der Waals surface area contributed by atoms with Gasteiger partial charge in [0, 0.05) is 18.4 Å². The summed E-state index contributed by atoms with van der Waals surface area (Å²) in [4.78, 5) is 8.00. The molecule has 0 spiro atoms. The Bertz CT molecular complexity index is 691. The van der Waals surface area contributed by atoms with E-state index in [0.717, 1.165) is 31.7 Å². The zero-order chi connectivity index (χ0) is 16.2. The zero-order valence-electron chi connectivity index (χ0n) is 12.4. The first-order valence-corrected chi connectivity index (χ1v) is 7.50. The van der Waals surface area contributed by atoms with E-state index in [1.54, 1.807) is 0 Å². The lowest BCUT2D eigenvalue weighted by Gasteiger charge is -2.10. The van der Waals surface area contributed by atoms with Gasteiger partial charge in [-0.05, 0) is 37.8 Å². The van der Waals surface area contributed by atoms with Gasteiger partial charge in [-0.25, -0.2) is 18.7 Å². The zero-order valence-corrected chi connectivity index (χ0v) is 12.4. The molecule has 1 aromatic heterocycles. The quantitative estimate of drug-likeness (QED) is 0.827. The maximum atomic E-state index is 13.8. The molecule has 1 fully saturated rings. The molecule has 1 aliphatic rings. The van der Waals surface area contributed by atoms with Crippen LogP contribution < -0.4 is 5.32 Å². The highest BCUT2D eigenvalue weighted by molar-refractivity contribution is 5.54. The molecule has 5 nitrogen and oxygen atoms in total. The molecule has 3 rings (SSSR count). The van der Waals surface area contributed by atoms with Crippen LogP contribution in [0.5, 0.6) is 5.75 Å². The second-order valence-corrected chi connectivity index (χ2v) is 5.45. The van der Waals surface area contributed by atoms with Crippen molar-refractivity contribution in [1.82, 2.24) is 9.97 Å². The SMILES string of the molecule is Oc1ccc(Nc2ncc(F)c(CCC3CCCO3)n2)cc1F. The molecule has 1 aromatic carbocycles. The Morgan fingerprint density at radius 1 is 1.30 bits per heavy atom. The second kappa shape index (κ2) is 6.87. The topological polar surface area (TPSA) is 67.3 Å². The number of aromatic hydroxyl groups is 1. The number of anilines is 2. The summed E-state index contributed by atoms with van der Waals surface area (Å²) in [5.74, 6) is -1.48. The largest absolute Gasteiger partial charge is 0.505 e. The molecule has 2 aromatic rings. The van der Waals surface area contributed by atoms with Gasteiger partial charge >= 0.3 is 0 Å². The number of ether oxygens (including phenoxy) is 1. The van der Waals surface area contributed by atoms with Gasteiger partial charge in [-0.1, -0.05) is 0 Å². The molecule has 0 aliphatic carbocycles. The van der Waals surface area contributed by atoms with Gasteiger partial charge in [0.1, 0.15) is 0 Å². The fraction of sp³-hybridized carbons (Fsp3) is 0.375. The van der Waals surface area contributed by atoms with Crippen LogP contribution in [0.4, 0.5) is 20.4 Å². The number of phenolic OH excluding ortho intramolecular Hbond substituents is 1. The van der Waals surface area contributed by atoms with E-state index in [9.17, 15) is 8.78 Å². The van der Waals surface area contributed by atoms with Gasteiger partial charge < -0.3 is 15.2 Å². The molecule has 1 aliphatic heterocycles. The summed E-state index contributed by atoms with van der Waals surface area (Å²) < 4.78 is 32.6. The normalized spacial score (nSPS) is 17.4. The Morgan fingerprint density at radius 2 is 2.17 bits per heavy atom. The molecule has 7 heteroatoms. The van der Waals surface area contributed by atoms with Gasteiger partial charge in [-0.3, -0.25) is 0 Å². The second-order valence-electron chi connectivity index (χ2n) is 5.45. The summed E-state index contributed by atoms with van der Waals surface area (Å²) >= 11 is 0. The van der Waals surface area contributed by atoms with Crippen molar-refractivity contribution in [3.8, 4) is 5.75 Å². The first-order valence-electron chi connectivity index (χ1n) is 7.50. The van der Waals surface area contributed by atoms with Crippen molar-refractivity contribution in [3.63, 3.8) is 0 Å². The van der Waals surface area contributed by atoms with Crippen molar-refractivity contribution < 1.29 is 18.6 Å². The predicted octanol–water partition coefficient (Wildman–Crippen LogP) is 3.32. The number of benzene rings is 1. The Balaban J connectivity index is 1.69. The van der Waals surface area contributed by atoms with E-state index in [-0.39, 0.29) is 12.1 Å². The lowest BCUT2D eigenvalue weighted by Crippen LogP contribution is -2.09. The molecule has 2 heterocycles. The number of nitrogens with one attached hydrogen (secondary N) is 1. The molecule has 0 saturated carbocycles. The van der Waals surface area contributed by atoms with Crippen LogP contribution in [0.3, 0.4) is 0 Å². The minimum atomic E-state index is -0.754. The third kappa shape index (κ3) is 3.92. The van der Waals surface area contributed by atoms with Gasteiger partial charge in [0.25, 0.3) is 0 Å². The third-order valence-electron chi connectivity index (χ3n) is 3.75. The van der Waals surface area contributed by atoms with Gasteiger partial charge in [0.15, 0.2) is 17.4 Å². The first kappa shape index (κ1) is 15.6. The minimum absolute atomic E-state index is 0.159. The van der Waals surface area contributed by atoms with Crippen molar-refractivity contribution >= 4 is 11.6 Å². The highest BCUT2D eigenvalue weighted by atomic mass is 19.1. The molecule has 2 N–H and O–H groups in total. The Morgan fingerprint density at radius 3 is 2.91 bits per heavy atom. The molecule has 0 amide bonds. The summed E-state index contributed by atoms with van der Waals surface area (Å²) in [6.45, 7) is 0.760. The van der Waals surface area contributed by atoms with Gasteiger partial charge in [0.2, 0.25) is 5.95 Å². The summed E-state index contributed by atoms with van der Waals surface area (Å²) in [6, 6.07) is 3.82. The molecule has 0 bridgehead atoms. The van der Waals surface area contributed by atoms with E-state index in [1.807, 2.05) is 0 Å². The lowest BCUT2D eigenvalue weighted by atomic mass is 10.1. The summed E-state index contributed by atoms with van der Waals surface area (Å²) in [5.41, 5.74) is 0.675. The number of hydrogen-bond acceptors (Lipinski definition) is 5. The highest BCUT2D eigenvalue weighted by Crippen LogP contribution is 2.22. The van der Waals surface area contributed by atoms with Crippen molar-refractivity contribution in [2.24, 2.45) is 0 Å². The minimum Gasteiger partial charge on any atom is -0.505 e. The number of phenols is 1. The first-order chi connectivity index (χ1) is 11.1. The van der Waals surface area contributed by atoms with Crippen LogP contribution in [0.2, 0.25) is 0 Å². The van der Waals surface area contributed by atoms with Crippen molar-refractivity contribution in [1.29, 1.82) is 0 Å².